The average molecular weight is 400 g/mol. The van der Waals surface area contributed by atoms with Gasteiger partial charge in [-0.1, -0.05) is 6.07 Å². The highest BCUT2D eigenvalue weighted by Gasteiger charge is 2.20. The van der Waals surface area contributed by atoms with Crippen LogP contribution < -0.4 is 5.32 Å². The molecule has 0 bridgehead atoms. The molecule has 6 nitrogen and oxygen atoms in total. The normalized spacial score (nSPS) is 15.6. The molecule has 8 heteroatoms. The number of carbonyl (C=O) groups is 1. The van der Waals surface area contributed by atoms with Crippen LogP contribution in [-0.2, 0) is 11.3 Å². The summed E-state index contributed by atoms with van der Waals surface area (Å²) in [5.74, 6) is 0.266. The van der Waals surface area contributed by atoms with Crippen LogP contribution in [0.15, 0.2) is 52.5 Å². The van der Waals surface area contributed by atoms with Gasteiger partial charge in [-0.2, -0.15) is 0 Å². The first kappa shape index (κ1) is 18.8. The number of anilines is 1. The summed E-state index contributed by atoms with van der Waals surface area (Å²) in [7, 11) is 0. The van der Waals surface area contributed by atoms with Gasteiger partial charge in [0.05, 0.1) is 17.1 Å². The Balaban J connectivity index is 1.22. The number of hydrogen-bond donors (Lipinski definition) is 1. The van der Waals surface area contributed by atoms with Crippen LogP contribution in [0.4, 0.5) is 10.1 Å². The Bertz CT molecular complexity index is 903. The second-order valence-electron chi connectivity index (χ2n) is 6.73. The van der Waals surface area contributed by atoms with Crippen molar-refractivity contribution in [2.45, 2.75) is 6.54 Å². The maximum atomic E-state index is 12.9. The fourth-order valence-electron chi connectivity index (χ4n) is 3.16. The topological polar surface area (TPSA) is 61.6 Å². The summed E-state index contributed by atoms with van der Waals surface area (Å²) in [6.45, 7) is 4.43. The predicted molar refractivity (Wildman–Crippen MR) is 107 cm³/mol. The van der Waals surface area contributed by atoms with Gasteiger partial charge in [-0.05, 0) is 35.7 Å². The van der Waals surface area contributed by atoms with Crippen LogP contribution in [0.25, 0.3) is 10.8 Å². The van der Waals surface area contributed by atoms with Gasteiger partial charge in [0.1, 0.15) is 12.1 Å². The summed E-state index contributed by atoms with van der Waals surface area (Å²) in [5, 5.41) is 4.81. The molecule has 1 saturated heterocycles. The van der Waals surface area contributed by atoms with Crippen LogP contribution >= 0.6 is 11.3 Å². The molecule has 1 aromatic carbocycles. The molecule has 1 N–H and O–H groups in total. The summed E-state index contributed by atoms with van der Waals surface area (Å²) < 4.78 is 18.5. The number of carbonyl (C=O) groups excluding carboxylic acids is 1. The molecule has 1 aliphatic rings. The molecule has 0 spiro atoms. The molecule has 0 atom stereocenters. The van der Waals surface area contributed by atoms with Crippen LogP contribution in [0.2, 0.25) is 0 Å². The molecule has 3 heterocycles. The van der Waals surface area contributed by atoms with E-state index in [1.54, 1.807) is 29.7 Å². The summed E-state index contributed by atoms with van der Waals surface area (Å²) in [4.78, 5) is 22.2. The first-order valence-corrected chi connectivity index (χ1v) is 10.0. The van der Waals surface area contributed by atoms with Gasteiger partial charge in [0.2, 0.25) is 11.8 Å². The minimum atomic E-state index is -0.316. The third-order valence-electron chi connectivity index (χ3n) is 4.63. The van der Waals surface area contributed by atoms with Crippen molar-refractivity contribution in [1.82, 2.24) is 14.8 Å². The van der Waals surface area contributed by atoms with Crippen LogP contribution in [-0.4, -0.2) is 53.4 Å². The molecular formula is C20H21FN4O2S. The van der Waals surface area contributed by atoms with E-state index in [4.69, 9.17) is 4.42 Å². The number of aromatic nitrogens is 1. The molecule has 2 aromatic heterocycles. The zero-order chi connectivity index (χ0) is 19.3. The Kier molecular flexibility index (Phi) is 5.80. The SMILES string of the molecule is O=C(CN1CCN(Cc2coc(-c3cccs3)n2)CC1)Nc1ccc(F)cc1. The number of amides is 1. The van der Waals surface area contributed by atoms with E-state index >= 15 is 0 Å². The fraction of sp³-hybridized carbons (Fsp3) is 0.300. The molecule has 1 aliphatic heterocycles. The number of hydrogen-bond acceptors (Lipinski definition) is 6. The van der Waals surface area contributed by atoms with Crippen molar-refractivity contribution in [3.8, 4) is 10.8 Å². The highest BCUT2D eigenvalue weighted by Crippen LogP contribution is 2.24. The number of nitrogens with one attached hydrogen (secondary N) is 1. The van der Waals surface area contributed by atoms with E-state index in [1.807, 2.05) is 17.5 Å². The van der Waals surface area contributed by atoms with Crippen molar-refractivity contribution < 1.29 is 13.6 Å². The lowest BCUT2D eigenvalue weighted by molar-refractivity contribution is -0.117. The Morgan fingerprint density at radius 3 is 2.61 bits per heavy atom. The van der Waals surface area contributed by atoms with Crippen molar-refractivity contribution in [3.05, 3.63) is 59.6 Å². The van der Waals surface area contributed by atoms with Crippen molar-refractivity contribution in [2.24, 2.45) is 0 Å². The van der Waals surface area contributed by atoms with Crippen LogP contribution in [0.1, 0.15) is 5.69 Å². The molecule has 28 heavy (non-hydrogen) atoms. The quantitative estimate of drug-likeness (QED) is 0.688. The Hall–Kier alpha value is -2.55. The summed E-state index contributed by atoms with van der Waals surface area (Å²) in [6.07, 6.45) is 1.72. The minimum absolute atomic E-state index is 0.0860. The second-order valence-corrected chi connectivity index (χ2v) is 7.68. The highest BCUT2D eigenvalue weighted by molar-refractivity contribution is 7.13. The van der Waals surface area contributed by atoms with Crippen molar-refractivity contribution in [1.29, 1.82) is 0 Å². The molecule has 0 saturated carbocycles. The third kappa shape index (κ3) is 4.83. The summed E-state index contributed by atoms with van der Waals surface area (Å²) >= 11 is 1.61. The molecule has 0 unspecified atom stereocenters. The van der Waals surface area contributed by atoms with Crippen molar-refractivity contribution >= 4 is 22.9 Å². The number of oxazole rings is 1. The molecule has 1 amide bonds. The summed E-state index contributed by atoms with van der Waals surface area (Å²) in [5.41, 5.74) is 1.53. The smallest absolute Gasteiger partial charge is 0.238 e. The second kappa shape index (κ2) is 8.64. The minimum Gasteiger partial charge on any atom is -0.444 e. The molecule has 146 valence electrons. The third-order valence-corrected chi connectivity index (χ3v) is 5.49. The van der Waals surface area contributed by atoms with E-state index in [0.717, 1.165) is 43.3 Å². The fourth-order valence-corrected chi connectivity index (χ4v) is 3.82. The number of nitrogens with zero attached hydrogens (tertiary/aromatic N) is 3. The van der Waals surface area contributed by atoms with Gasteiger partial charge in [-0.15, -0.1) is 11.3 Å². The number of thiophene rings is 1. The zero-order valence-corrected chi connectivity index (χ0v) is 16.1. The van der Waals surface area contributed by atoms with E-state index in [1.165, 1.54) is 12.1 Å². The zero-order valence-electron chi connectivity index (χ0n) is 15.3. The van der Waals surface area contributed by atoms with E-state index in [-0.39, 0.29) is 11.7 Å². The first-order valence-electron chi connectivity index (χ1n) is 9.14. The number of halogens is 1. The lowest BCUT2D eigenvalue weighted by Crippen LogP contribution is -2.48. The van der Waals surface area contributed by atoms with E-state index in [9.17, 15) is 9.18 Å². The highest BCUT2D eigenvalue weighted by atomic mass is 32.1. The number of benzene rings is 1. The first-order chi connectivity index (χ1) is 13.7. The Morgan fingerprint density at radius 1 is 1.14 bits per heavy atom. The number of piperazine rings is 1. The molecule has 1 fully saturated rings. The van der Waals surface area contributed by atoms with Crippen molar-refractivity contribution in [2.75, 3.05) is 38.0 Å². The average Bonchev–Trinajstić information content (AvgIpc) is 3.37. The molecule has 3 aromatic rings. The maximum Gasteiger partial charge on any atom is 0.238 e. The van der Waals surface area contributed by atoms with Gasteiger partial charge in [-0.25, -0.2) is 9.37 Å². The van der Waals surface area contributed by atoms with Crippen LogP contribution in [0, 0.1) is 5.82 Å². The van der Waals surface area contributed by atoms with Gasteiger partial charge < -0.3 is 9.73 Å². The summed E-state index contributed by atoms with van der Waals surface area (Å²) in [6, 6.07) is 9.77. The van der Waals surface area contributed by atoms with Gasteiger partial charge in [0, 0.05) is 38.4 Å². The molecular weight excluding hydrogens is 379 g/mol. The largest absolute Gasteiger partial charge is 0.444 e. The lowest BCUT2D eigenvalue weighted by atomic mass is 10.2. The molecule has 0 aliphatic carbocycles. The van der Waals surface area contributed by atoms with E-state index in [0.29, 0.717) is 18.1 Å². The predicted octanol–water partition coefficient (Wildman–Crippen LogP) is 3.30. The van der Waals surface area contributed by atoms with Gasteiger partial charge in [-0.3, -0.25) is 14.6 Å². The molecule has 0 radical (unpaired) electrons. The van der Waals surface area contributed by atoms with Gasteiger partial charge >= 0.3 is 0 Å². The van der Waals surface area contributed by atoms with Crippen molar-refractivity contribution in [3.63, 3.8) is 0 Å². The van der Waals surface area contributed by atoms with Crippen LogP contribution in [0.5, 0.6) is 0 Å². The number of rotatable bonds is 6. The lowest BCUT2D eigenvalue weighted by Gasteiger charge is -2.33. The van der Waals surface area contributed by atoms with Gasteiger partial charge in [0.15, 0.2) is 0 Å². The Morgan fingerprint density at radius 2 is 1.89 bits per heavy atom. The Labute approximate surface area is 166 Å². The van der Waals surface area contributed by atoms with Crippen LogP contribution in [0.3, 0.4) is 0 Å². The maximum absolute atomic E-state index is 12.9. The standard InChI is InChI=1S/C20H21FN4O2S/c21-15-3-5-16(6-4-15)22-19(26)13-25-9-7-24(8-10-25)12-17-14-27-20(23-17)18-2-1-11-28-18/h1-6,11,14H,7-10,12-13H2,(H,22,26). The van der Waals surface area contributed by atoms with E-state index in [2.05, 4.69) is 20.1 Å². The monoisotopic (exact) mass is 400 g/mol. The van der Waals surface area contributed by atoms with E-state index < -0.39 is 0 Å². The molecule has 4 rings (SSSR count). The van der Waals surface area contributed by atoms with Gasteiger partial charge in [0.25, 0.3) is 0 Å².